The third-order valence-corrected chi connectivity index (χ3v) is 6.60. The minimum atomic E-state index is -0.852. The summed E-state index contributed by atoms with van der Waals surface area (Å²) in [6.45, 7) is -0.228. The van der Waals surface area contributed by atoms with Crippen LogP contribution in [0.1, 0.15) is 33.4 Å². The maximum Gasteiger partial charge on any atom is 0.338 e. The average molecular weight is 565 g/mol. The zero-order valence-corrected chi connectivity index (χ0v) is 21.1. The number of fused-ring (bicyclic) bond motifs is 1. The smallest absolute Gasteiger partial charge is 0.338 e. The van der Waals surface area contributed by atoms with E-state index in [0.717, 1.165) is 0 Å². The molecule has 3 heterocycles. The van der Waals surface area contributed by atoms with E-state index in [-0.39, 0.29) is 34.8 Å². The molecule has 1 aliphatic rings. The summed E-state index contributed by atoms with van der Waals surface area (Å²) >= 11 is 17.8. The highest BCUT2D eigenvalue weighted by Gasteiger charge is 2.41. The number of ether oxygens (including phenoxy) is 3. The Labute approximate surface area is 224 Å². The van der Waals surface area contributed by atoms with Crippen molar-refractivity contribution in [1.29, 1.82) is 0 Å². The Bertz CT molecular complexity index is 1460. The Hall–Kier alpha value is -3.24. The molecule has 8 nitrogen and oxygen atoms in total. The molecule has 0 radical (unpaired) electrons. The second kappa shape index (κ2) is 10.6. The van der Waals surface area contributed by atoms with Crippen LogP contribution in [0, 0.1) is 5.82 Å². The Morgan fingerprint density at radius 1 is 0.973 bits per heavy atom. The lowest BCUT2D eigenvalue weighted by molar-refractivity contribution is -0.0563. The fourth-order valence-corrected chi connectivity index (χ4v) is 4.46. The molecule has 0 bridgehead atoms. The molecule has 0 amide bonds. The summed E-state index contributed by atoms with van der Waals surface area (Å²) in [4.78, 5) is 33.3. The summed E-state index contributed by atoms with van der Waals surface area (Å²) < 4.78 is 33.3. The number of halogens is 4. The Kier molecular flexibility index (Phi) is 7.30. The zero-order valence-electron chi connectivity index (χ0n) is 18.8. The molecular formula is C25H17Cl3FN3O5. The van der Waals surface area contributed by atoms with Gasteiger partial charge in [0.2, 0.25) is 0 Å². The van der Waals surface area contributed by atoms with Crippen LogP contribution < -0.4 is 0 Å². The lowest BCUT2D eigenvalue weighted by Gasteiger charge is -2.19. The standard InChI is InChI=1S/C25H17Cl3FN3O5/c26-15-5-1-13(2-6-15)24(33)35-11-19-18(37-25(34)14-3-7-16(27)8-4-14)9-20(36-19)32-10-17(29)21-22(28)30-12-31-23(21)32/h1-8,10,12,18-20H,9,11H2/t18-,19+,20+/m0/s1. The third kappa shape index (κ3) is 5.40. The van der Waals surface area contributed by atoms with Gasteiger partial charge in [0.25, 0.3) is 0 Å². The number of hydrogen-bond donors (Lipinski definition) is 0. The Morgan fingerprint density at radius 2 is 1.59 bits per heavy atom. The van der Waals surface area contributed by atoms with Gasteiger partial charge in [-0.3, -0.25) is 0 Å². The van der Waals surface area contributed by atoms with Crippen LogP contribution in [0.2, 0.25) is 15.2 Å². The van der Waals surface area contributed by atoms with E-state index in [2.05, 4.69) is 9.97 Å². The SMILES string of the molecule is O=C(OC[C@H]1O[C@@H](n2cc(F)c3c(Cl)ncnc32)C[C@@H]1OC(=O)c1ccc(Cl)cc1)c1ccc(Cl)cc1. The average Bonchev–Trinajstić information content (AvgIpc) is 3.44. The fraction of sp³-hybridized carbons (Fsp3) is 0.200. The van der Waals surface area contributed by atoms with E-state index < -0.39 is 36.2 Å². The summed E-state index contributed by atoms with van der Waals surface area (Å²) in [7, 11) is 0. The molecule has 0 unspecified atom stereocenters. The number of carbonyl (C=O) groups is 2. The van der Waals surface area contributed by atoms with Crippen LogP contribution in [0.25, 0.3) is 11.0 Å². The zero-order chi connectivity index (χ0) is 26.1. The van der Waals surface area contributed by atoms with Crippen LogP contribution in [0.4, 0.5) is 4.39 Å². The molecule has 4 aromatic rings. The maximum atomic E-state index is 14.6. The van der Waals surface area contributed by atoms with Crippen molar-refractivity contribution < 1.29 is 28.2 Å². The second-order valence-electron chi connectivity index (χ2n) is 8.17. The number of nitrogens with zero attached hydrogens (tertiary/aromatic N) is 3. The highest BCUT2D eigenvalue weighted by molar-refractivity contribution is 6.34. The van der Waals surface area contributed by atoms with Gasteiger partial charge in [0.15, 0.2) is 5.82 Å². The van der Waals surface area contributed by atoms with Gasteiger partial charge in [0.1, 0.15) is 42.2 Å². The summed E-state index contributed by atoms with van der Waals surface area (Å²) in [5, 5.41) is 0.941. The van der Waals surface area contributed by atoms with Crippen molar-refractivity contribution in [2.45, 2.75) is 24.9 Å². The molecule has 3 atom stereocenters. The van der Waals surface area contributed by atoms with Gasteiger partial charge >= 0.3 is 11.9 Å². The Morgan fingerprint density at radius 3 is 2.24 bits per heavy atom. The van der Waals surface area contributed by atoms with Crippen LogP contribution >= 0.6 is 34.8 Å². The van der Waals surface area contributed by atoms with Gasteiger partial charge < -0.3 is 18.8 Å². The monoisotopic (exact) mass is 563 g/mol. The highest BCUT2D eigenvalue weighted by atomic mass is 35.5. The van der Waals surface area contributed by atoms with Crippen molar-refractivity contribution in [2.75, 3.05) is 6.61 Å². The molecule has 1 aliphatic heterocycles. The molecule has 2 aromatic heterocycles. The number of benzene rings is 2. The Balaban J connectivity index is 1.38. The van der Waals surface area contributed by atoms with E-state index in [1.54, 1.807) is 24.3 Å². The van der Waals surface area contributed by atoms with Crippen molar-refractivity contribution in [3.05, 3.63) is 93.2 Å². The summed E-state index contributed by atoms with van der Waals surface area (Å²) in [5.41, 5.74) is 0.782. The largest absolute Gasteiger partial charge is 0.459 e. The second-order valence-corrected chi connectivity index (χ2v) is 9.40. The lowest BCUT2D eigenvalue weighted by Crippen LogP contribution is -2.32. The highest BCUT2D eigenvalue weighted by Crippen LogP contribution is 2.36. The van der Waals surface area contributed by atoms with Crippen LogP contribution in [-0.2, 0) is 14.2 Å². The number of carbonyl (C=O) groups excluding carboxylic acids is 2. The van der Waals surface area contributed by atoms with Crippen LogP contribution in [-0.4, -0.2) is 45.3 Å². The molecule has 1 fully saturated rings. The first kappa shape index (κ1) is 25.4. The molecule has 0 spiro atoms. The van der Waals surface area contributed by atoms with Crippen molar-refractivity contribution in [3.63, 3.8) is 0 Å². The predicted octanol–water partition coefficient (Wildman–Crippen LogP) is 5.90. The van der Waals surface area contributed by atoms with Gasteiger partial charge in [-0.15, -0.1) is 0 Å². The van der Waals surface area contributed by atoms with E-state index in [9.17, 15) is 14.0 Å². The fourth-order valence-electron chi connectivity index (χ4n) is 3.99. The third-order valence-electron chi connectivity index (χ3n) is 5.80. The normalized spacial score (nSPS) is 19.2. The van der Waals surface area contributed by atoms with E-state index in [1.165, 1.54) is 41.4 Å². The number of hydrogen-bond acceptors (Lipinski definition) is 7. The predicted molar refractivity (Wildman–Crippen MR) is 133 cm³/mol. The summed E-state index contributed by atoms with van der Waals surface area (Å²) in [6.07, 6.45) is 0.0575. The summed E-state index contributed by atoms with van der Waals surface area (Å²) in [5.74, 6) is -1.85. The number of aromatic nitrogens is 3. The first-order valence-electron chi connectivity index (χ1n) is 11.0. The molecular weight excluding hydrogens is 548 g/mol. The first-order valence-corrected chi connectivity index (χ1v) is 12.1. The molecule has 1 saturated heterocycles. The van der Waals surface area contributed by atoms with Crippen molar-refractivity contribution in [3.8, 4) is 0 Å². The van der Waals surface area contributed by atoms with Crippen molar-refractivity contribution in [1.82, 2.24) is 14.5 Å². The van der Waals surface area contributed by atoms with Crippen LogP contribution in [0.5, 0.6) is 0 Å². The van der Waals surface area contributed by atoms with Gasteiger partial charge in [-0.25, -0.2) is 23.9 Å². The molecule has 0 saturated carbocycles. The van der Waals surface area contributed by atoms with E-state index in [1.807, 2.05) is 0 Å². The first-order chi connectivity index (χ1) is 17.8. The van der Waals surface area contributed by atoms with Gasteiger partial charge in [0, 0.05) is 22.7 Å². The van der Waals surface area contributed by atoms with Gasteiger partial charge in [-0.05, 0) is 48.5 Å². The van der Waals surface area contributed by atoms with Crippen LogP contribution in [0.3, 0.4) is 0 Å². The van der Waals surface area contributed by atoms with E-state index >= 15 is 0 Å². The topological polar surface area (TPSA) is 92.5 Å². The number of rotatable bonds is 6. The van der Waals surface area contributed by atoms with Gasteiger partial charge in [0.05, 0.1) is 16.5 Å². The maximum absolute atomic E-state index is 14.6. The van der Waals surface area contributed by atoms with Crippen molar-refractivity contribution >= 4 is 57.8 Å². The van der Waals surface area contributed by atoms with E-state index in [0.29, 0.717) is 15.6 Å². The molecule has 0 aliphatic carbocycles. The lowest BCUT2D eigenvalue weighted by atomic mass is 10.1. The molecule has 37 heavy (non-hydrogen) atoms. The minimum absolute atomic E-state index is 0.0418. The van der Waals surface area contributed by atoms with Crippen molar-refractivity contribution in [2.24, 2.45) is 0 Å². The number of esters is 2. The van der Waals surface area contributed by atoms with E-state index in [4.69, 9.17) is 49.0 Å². The molecule has 5 rings (SSSR count). The molecule has 12 heteroatoms. The molecule has 2 aromatic carbocycles. The van der Waals surface area contributed by atoms with Gasteiger partial charge in [-0.2, -0.15) is 0 Å². The molecule has 0 N–H and O–H groups in total. The van der Waals surface area contributed by atoms with Crippen LogP contribution in [0.15, 0.2) is 61.1 Å². The minimum Gasteiger partial charge on any atom is -0.459 e. The summed E-state index contributed by atoms with van der Waals surface area (Å²) in [6, 6.07) is 12.4. The quantitative estimate of drug-likeness (QED) is 0.213. The molecule has 190 valence electrons. The van der Waals surface area contributed by atoms with Gasteiger partial charge in [-0.1, -0.05) is 34.8 Å².